The molecule has 0 unspecified atom stereocenters. The molecule has 0 saturated heterocycles. The van der Waals surface area contributed by atoms with Crippen LogP contribution in [0.2, 0.25) is 10.0 Å². The number of halogens is 2. The summed E-state index contributed by atoms with van der Waals surface area (Å²) in [6.07, 6.45) is 1.41. The molecule has 0 aromatic heterocycles. The highest BCUT2D eigenvalue weighted by Crippen LogP contribution is 2.30. The second-order valence-corrected chi connectivity index (χ2v) is 8.30. The van der Waals surface area contributed by atoms with Crippen molar-refractivity contribution < 1.29 is 19.1 Å². The van der Waals surface area contributed by atoms with Crippen molar-refractivity contribution in [3.63, 3.8) is 0 Å². The third kappa shape index (κ3) is 7.73. The third-order valence-corrected chi connectivity index (χ3v) is 5.62. The van der Waals surface area contributed by atoms with Gasteiger partial charge in [0.25, 0.3) is 0 Å². The Morgan fingerprint density at radius 3 is 2.43 bits per heavy atom. The molecular formula is C26H25Cl2N3O4. The zero-order valence-corrected chi connectivity index (χ0v) is 20.8. The van der Waals surface area contributed by atoms with Gasteiger partial charge >= 0.3 is 11.8 Å². The maximum atomic E-state index is 12.1. The van der Waals surface area contributed by atoms with E-state index in [2.05, 4.69) is 15.8 Å². The number of ether oxygens (including phenoxy) is 2. The predicted octanol–water partition coefficient (Wildman–Crippen LogP) is 5.30. The fraction of sp³-hybridized carbons (Fsp3) is 0.192. The van der Waals surface area contributed by atoms with Gasteiger partial charge in [-0.05, 0) is 60.9 Å². The Morgan fingerprint density at radius 1 is 0.943 bits per heavy atom. The fourth-order valence-corrected chi connectivity index (χ4v) is 3.41. The largest absolute Gasteiger partial charge is 0.490 e. The molecule has 0 fully saturated rings. The predicted molar refractivity (Wildman–Crippen MR) is 137 cm³/mol. The van der Waals surface area contributed by atoms with Crippen LogP contribution in [0.15, 0.2) is 71.8 Å². The number of carbonyl (C=O) groups is 2. The SMILES string of the molecule is CCOc1cc(/C=N\NC(=O)C(=O)N[C@@H](C)c2ccccc2)ccc1OCc1ccc(Cl)c(Cl)c1. The van der Waals surface area contributed by atoms with E-state index in [0.717, 1.165) is 11.1 Å². The summed E-state index contributed by atoms with van der Waals surface area (Å²) >= 11 is 12.0. The summed E-state index contributed by atoms with van der Waals surface area (Å²) < 4.78 is 11.6. The Morgan fingerprint density at radius 2 is 1.71 bits per heavy atom. The summed E-state index contributed by atoms with van der Waals surface area (Å²) in [5.74, 6) is -0.596. The number of hydrogen-bond acceptors (Lipinski definition) is 5. The van der Waals surface area contributed by atoms with E-state index in [-0.39, 0.29) is 12.6 Å². The molecule has 0 aliphatic rings. The summed E-state index contributed by atoms with van der Waals surface area (Å²) in [6.45, 7) is 4.36. The Hall–Kier alpha value is -3.55. The van der Waals surface area contributed by atoms with Crippen molar-refractivity contribution in [1.82, 2.24) is 10.7 Å². The number of nitrogens with one attached hydrogen (secondary N) is 2. The van der Waals surface area contributed by atoms with Gasteiger partial charge in [0.2, 0.25) is 0 Å². The number of rotatable bonds is 9. The van der Waals surface area contributed by atoms with E-state index in [1.165, 1.54) is 6.21 Å². The van der Waals surface area contributed by atoms with Crippen LogP contribution < -0.4 is 20.2 Å². The molecule has 0 saturated carbocycles. The zero-order valence-electron chi connectivity index (χ0n) is 19.3. The maximum Gasteiger partial charge on any atom is 0.329 e. The number of carbonyl (C=O) groups excluding carboxylic acids is 2. The molecule has 0 bridgehead atoms. The topological polar surface area (TPSA) is 89.0 Å². The average molecular weight is 514 g/mol. The van der Waals surface area contributed by atoms with Gasteiger partial charge in [-0.3, -0.25) is 9.59 Å². The summed E-state index contributed by atoms with van der Waals surface area (Å²) in [7, 11) is 0. The number of benzene rings is 3. The lowest BCUT2D eigenvalue weighted by Crippen LogP contribution is -2.39. The third-order valence-electron chi connectivity index (χ3n) is 4.88. The van der Waals surface area contributed by atoms with Gasteiger partial charge in [0.1, 0.15) is 6.61 Å². The Bertz CT molecular complexity index is 1200. The molecule has 0 aliphatic carbocycles. The summed E-state index contributed by atoms with van der Waals surface area (Å²) in [5, 5.41) is 7.44. The van der Waals surface area contributed by atoms with Gasteiger partial charge < -0.3 is 14.8 Å². The zero-order chi connectivity index (χ0) is 25.2. The van der Waals surface area contributed by atoms with E-state index >= 15 is 0 Å². The molecule has 182 valence electrons. The van der Waals surface area contributed by atoms with Crippen LogP contribution in [-0.2, 0) is 16.2 Å². The van der Waals surface area contributed by atoms with E-state index in [1.54, 1.807) is 37.3 Å². The molecule has 0 spiro atoms. The summed E-state index contributed by atoms with van der Waals surface area (Å²) in [4.78, 5) is 24.2. The first-order valence-corrected chi connectivity index (χ1v) is 11.7. The summed E-state index contributed by atoms with van der Waals surface area (Å²) in [5.41, 5.74) is 4.63. The lowest BCUT2D eigenvalue weighted by Gasteiger charge is -2.13. The molecule has 0 aliphatic heterocycles. The van der Waals surface area contributed by atoms with Crippen LogP contribution in [0.1, 0.15) is 36.6 Å². The molecule has 35 heavy (non-hydrogen) atoms. The minimum Gasteiger partial charge on any atom is -0.490 e. The Labute approximate surface area is 214 Å². The van der Waals surface area contributed by atoms with Crippen LogP contribution in [0, 0.1) is 0 Å². The molecule has 2 amide bonds. The summed E-state index contributed by atoms with van der Waals surface area (Å²) in [6, 6.07) is 19.5. The molecule has 7 nitrogen and oxygen atoms in total. The quantitative estimate of drug-likeness (QED) is 0.231. The molecule has 0 radical (unpaired) electrons. The second-order valence-electron chi connectivity index (χ2n) is 7.48. The van der Waals surface area contributed by atoms with Gasteiger partial charge in [0.15, 0.2) is 11.5 Å². The van der Waals surface area contributed by atoms with E-state index in [0.29, 0.717) is 33.7 Å². The van der Waals surface area contributed by atoms with E-state index in [1.807, 2.05) is 43.3 Å². The van der Waals surface area contributed by atoms with Crippen LogP contribution in [0.4, 0.5) is 0 Å². The number of nitrogens with zero attached hydrogens (tertiary/aromatic N) is 1. The van der Waals surface area contributed by atoms with Crippen LogP contribution in [0.3, 0.4) is 0 Å². The van der Waals surface area contributed by atoms with Crippen molar-refractivity contribution >= 4 is 41.2 Å². The molecule has 9 heteroatoms. The highest BCUT2D eigenvalue weighted by atomic mass is 35.5. The highest BCUT2D eigenvalue weighted by molar-refractivity contribution is 6.42. The first-order chi connectivity index (χ1) is 16.9. The smallest absolute Gasteiger partial charge is 0.329 e. The van der Waals surface area contributed by atoms with Crippen molar-refractivity contribution in [3.05, 3.63) is 93.5 Å². The van der Waals surface area contributed by atoms with Crippen molar-refractivity contribution in [2.24, 2.45) is 5.10 Å². The van der Waals surface area contributed by atoms with Crippen molar-refractivity contribution in [2.75, 3.05) is 6.61 Å². The molecule has 2 N–H and O–H groups in total. The first-order valence-electron chi connectivity index (χ1n) is 10.9. The lowest BCUT2D eigenvalue weighted by atomic mass is 10.1. The van der Waals surface area contributed by atoms with Crippen LogP contribution in [0.5, 0.6) is 11.5 Å². The van der Waals surface area contributed by atoms with Crippen molar-refractivity contribution in [3.8, 4) is 11.5 Å². The maximum absolute atomic E-state index is 12.1. The number of hydrazone groups is 1. The standard InChI is InChI=1S/C26H25Cl2N3O4/c1-3-34-24-14-18(10-12-23(24)35-16-19-9-11-21(27)22(28)13-19)15-29-31-26(33)25(32)30-17(2)20-7-5-4-6-8-20/h4-15,17H,3,16H2,1-2H3,(H,30,32)(H,31,33)/b29-15-/t17-/m0/s1. The van der Waals surface area contributed by atoms with Gasteiger partial charge in [0.05, 0.1) is 28.9 Å². The molecule has 1 atom stereocenters. The molecule has 3 aromatic carbocycles. The van der Waals surface area contributed by atoms with E-state index < -0.39 is 11.8 Å². The Balaban J connectivity index is 1.58. The van der Waals surface area contributed by atoms with Gasteiger partial charge in [-0.15, -0.1) is 0 Å². The fourth-order valence-electron chi connectivity index (χ4n) is 3.09. The molecule has 3 rings (SSSR count). The van der Waals surface area contributed by atoms with Gasteiger partial charge in [-0.2, -0.15) is 5.10 Å². The second kappa shape index (κ2) is 12.8. The van der Waals surface area contributed by atoms with Gasteiger partial charge in [-0.25, -0.2) is 5.43 Å². The normalized spacial score (nSPS) is 11.7. The van der Waals surface area contributed by atoms with Crippen LogP contribution in [0.25, 0.3) is 0 Å². The highest BCUT2D eigenvalue weighted by Gasteiger charge is 2.16. The number of hydrogen-bond donors (Lipinski definition) is 2. The van der Waals surface area contributed by atoms with E-state index in [4.69, 9.17) is 32.7 Å². The first kappa shape index (κ1) is 26.1. The minimum absolute atomic E-state index is 0.275. The van der Waals surface area contributed by atoms with Crippen molar-refractivity contribution in [1.29, 1.82) is 0 Å². The van der Waals surface area contributed by atoms with Crippen LogP contribution in [-0.4, -0.2) is 24.6 Å². The molecular weight excluding hydrogens is 489 g/mol. The van der Waals surface area contributed by atoms with Crippen molar-refractivity contribution in [2.45, 2.75) is 26.5 Å². The molecule has 0 heterocycles. The van der Waals surface area contributed by atoms with Crippen LogP contribution >= 0.6 is 23.2 Å². The van der Waals surface area contributed by atoms with E-state index in [9.17, 15) is 9.59 Å². The van der Waals surface area contributed by atoms with Gasteiger partial charge in [-0.1, -0.05) is 59.6 Å². The lowest BCUT2D eigenvalue weighted by molar-refractivity contribution is -0.139. The monoisotopic (exact) mass is 513 g/mol. The minimum atomic E-state index is -0.865. The average Bonchev–Trinajstić information content (AvgIpc) is 2.86. The Kier molecular flexibility index (Phi) is 9.52. The molecule has 3 aromatic rings. The number of amides is 2. The van der Waals surface area contributed by atoms with Gasteiger partial charge in [0, 0.05) is 0 Å².